The molecule has 1 fully saturated rings. The maximum Gasteiger partial charge on any atom is 0.323 e. The number of benzene rings is 1. The van der Waals surface area contributed by atoms with Gasteiger partial charge in [0.05, 0.1) is 14.2 Å². The lowest BCUT2D eigenvalue weighted by Gasteiger charge is -2.22. The lowest BCUT2D eigenvalue weighted by molar-refractivity contribution is -0.145. The molecule has 138 valence electrons. The van der Waals surface area contributed by atoms with E-state index in [0.29, 0.717) is 23.8 Å². The summed E-state index contributed by atoms with van der Waals surface area (Å²) >= 11 is 0. The molecule has 0 saturated heterocycles. The van der Waals surface area contributed by atoms with Crippen molar-refractivity contribution in [2.45, 2.75) is 45.1 Å². The predicted molar refractivity (Wildman–Crippen MR) is 93.8 cm³/mol. The molecule has 1 aliphatic rings. The van der Waals surface area contributed by atoms with E-state index in [1.807, 2.05) is 0 Å². The van der Waals surface area contributed by atoms with Crippen LogP contribution in [0.3, 0.4) is 0 Å². The van der Waals surface area contributed by atoms with Gasteiger partial charge in [-0.15, -0.1) is 0 Å². The van der Waals surface area contributed by atoms with Crippen LogP contribution in [0.4, 0.5) is 0 Å². The van der Waals surface area contributed by atoms with E-state index < -0.39 is 5.97 Å². The fourth-order valence-electron chi connectivity index (χ4n) is 3.36. The smallest absolute Gasteiger partial charge is 0.323 e. The van der Waals surface area contributed by atoms with Crippen LogP contribution < -0.4 is 9.47 Å². The Morgan fingerprint density at radius 3 is 2.24 bits per heavy atom. The average molecular weight is 349 g/mol. The van der Waals surface area contributed by atoms with Crippen LogP contribution in [0.25, 0.3) is 0 Å². The minimum atomic E-state index is -1.01. The molecular weight excluding hydrogens is 322 g/mol. The summed E-state index contributed by atoms with van der Waals surface area (Å²) in [5.41, 5.74) is 0.784. The van der Waals surface area contributed by atoms with Gasteiger partial charge in [0.1, 0.15) is 18.0 Å². The molecule has 0 spiro atoms. The number of ether oxygens (including phenoxy) is 2. The minimum absolute atomic E-state index is 0.115. The average Bonchev–Trinajstić information content (AvgIpc) is 3.11. The molecule has 25 heavy (non-hydrogen) atoms. The van der Waals surface area contributed by atoms with Crippen molar-refractivity contribution in [1.82, 2.24) is 4.90 Å². The Hall–Kier alpha value is -2.24. The number of aliphatic carboxylic acids is 1. The Balaban J connectivity index is 2.05. The van der Waals surface area contributed by atoms with Gasteiger partial charge >= 0.3 is 5.97 Å². The molecule has 1 aromatic carbocycles. The molecule has 0 aliphatic heterocycles. The molecule has 2 rings (SSSR count). The van der Waals surface area contributed by atoms with E-state index in [0.717, 1.165) is 12.0 Å². The summed E-state index contributed by atoms with van der Waals surface area (Å²) < 4.78 is 10.5. The Morgan fingerprint density at radius 1 is 1.12 bits per heavy atom. The van der Waals surface area contributed by atoms with Crippen molar-refractivity contribution in [2.75, 3.05) is 20.8 Å². The van der Waals surface area contributed by atoms with Crippen LogP contribution in [0.1, 0.15) is 44.1 Å². The van der Waals surface area contributed by atoms with Crippen molar-refractivity contribution in [3.05, 3.63) is 23.8 Å². The third-order valence-electron chi connectivity index (χ3n) is 4.70. The molecule has 6 heteroatoms. The van der Waals surface area contributed by atoms with Crippen LogP contribution in [0, 0.1) is 5.92 Å². The highest BCUT2D eigenvalue weighted by Crippen LogP contribution is 2.29. The summed E-state index contributed by atoms with van der Waals surface area (Å²) in [6.07, 6.45) is 6.08. The second kappa shape index (κ2) is 9.30. The van der Waals surface area contributed by atoms with Gasteiger partial charge in [0.15, 0.2) is 0 Å². The molecule has 0 bridgehead atoms. The number of carbonyl (C=O) groups is 2. The van der Waals surface area contributed by atoms with E-state index in [-0.39, 0.29) is 19.0 Å². The molecule has 0 atom stereocenters. The first-order valence-electron chi connectivity index (χ1n) is 8.73. The fourth-order valence-corrected chi connectivity index (χ4v) is 3.36. The van der Waals surface area contributed by atoms with E-state index in [1.54, 1.807) is 32.4 Å². The van der Waals surface area contributed by atoms with Crippen molar-refractivity contribution in [3.8, 4) is 11.5 Å². The van der Waals surface area contributed by atoms with Gasteiger partial charge in [0.2, 0.25) is 5.91 Å². The molecule has 0 unspecified atom stereocenters. The summed E-state index contributed by atoms with van der Waals surface area (Å²) in [5.74, 6) is 0.707. The summed E-state index contributed by atoms with van der Waals surface area (Å²) in [6.45, 7) is -0.0770. The van der Waals surface area contributed by atoms with Gasteiger partial charge in [-0.05, 0) is 30.0 Å². The molecular formula is C19H27NO5. The summed E-state index contributed by atoms with van der Waals surface area (Å²) in [6, 6.07) is 5.33. The van der Waals surface area contributed by atoms with Gasteiger partial charge in [-0.1, -0.05) is 25.7 Å². The zero-order chi connectivity index (χ0) is 18.2. The van der Waals surface area contributed by atoms with Crippen LogP contribution in [-0.2, 0) is 16.1 Å². The first-order valence-corrected chi connectivity index (χ1v) is 8.73. The van der Waals surface area contributed by atoms with Crippen LogP contribution in [-0.4, -0.2) is 42.6 Å². The standard InChI is InChI=1S/C19H27NO5/c1-24-16-9-15(10-17(11-16)25-2)12-20(13-19(22)23)18(21)8-7-14-5-3-4-6-14/h9-11,14H,3-8,12-13H2,1-2H3,(H,22,23). The summed E-state index contributed by atoms with van der Waals surface area (Å²) in [5, 5.41) is 9.15. The molecule has 1 N–H and O–H groups in total. The SMILES string of the molecule is COc1cc(CN(CC(=O)O)C(=O)CCC2CCCC2)cc(OC)c1. The third kappa shape index (κ3) is 5.96. The van der Waals surface area contributed by atoms with E-state index in [9.17, 15) is 9.59 Å². The number of rotatable bonds is 9. The van der Waals surface area contributed by atoms with Crippen molar-refractivity contribution in [2.24, 2.45) is 5.92 Å². The molecule has 0 aromatic heterocycles. The van der Waals surface area contributed by atoms with Crippen molar-refractivity contribution >= 4 is 11.9 Å². The Morgan fingerprint density at radius 2 is 1.72 bits per heavy atom. The topological polar surface area (TPSA) is 76.1 Å². The van der Waals surface area contributed by atoms with Crippen LogP contribution >= 0.6 is 0 Å². The molecule has 0 radical (unpaired) electrons. The second-order valence-electron chi connectivity index (χ2n) is 6.55. The molecule has 1 saturated carbocycles. The Kier molecular flexibility index (Phi) is 7.10. The second-order valence-corrected chi connectivity index (χ2v) is 6.55. The minimum Gasteiger partial charge on any atom is -0.497 e. The van der Waals surface area contributed by atoms with Crippen LogP contribution in [0.15, 0.2) is 18.2 Å². The molecule has 6 nitrogen and oxygen atoms in total. The fraction of sp³-hybridized carbons (Fsp3) is 0.579. The molecule has 1 amide bonds. The largest absolute Gasteiger partial charge is 0.497 e. The van der Waals surface area contributed by atoms with Gasteiger partial charge in [-0.3, -0.25) is 9.59 Å². The van der Waals surface area contributed by atoms with E-state index >= 15 is 0 Å². The van der Waals surface area contributed by atoms with Gasteiger partial charge in [-0.2, -0.15) is 0 Å². The maximum absolute atomic E-state index is 12.5. The van der Waals surface area contributed by atoms with Crippen molar-refractivity contribution in [3.63, 3.8) is 0 Å². The zero-order valence-electron chi connectivity index (χ0n) is 15.0. The first kappa shape index (κ1) is 19.1. The summed E-state index contributed by atoms with van der Waals surface area (Å²) in [4.78, 5) is 25.1. The predicted octanol–water partition coefficient (Wildman–Crippen LogP) is 3.09. The first-order chi connectivity index (χ1) is 12.0. The van der Waals surface area contributed by atoms with E-state index in [4.69, 9.17) is 14.6 Å². The molecule has 0 heterocycles. The van der Waals surface area contributed by atoms with Gasteiger partial charge in [-0.25, -0.2) is 0 Å². The number of methoxy groups -OCH3 is 2. The van der Waals surface area contributed by atoms with Gasteiger partial charge in [0, 0.05) is 19.0 Å². The number of carboxylic acid groups (broad SMARTS) is 1. The van der Waals surface area contributed by atoms with E-state index in [2.05, 4.69) is 0 Å². The van der Waals surface area contributed by atoms with Crippen LogP contribution in [0.2, 0.25) is 0 Å². The number of amides is 1. The molecule has 1 aromatic rings. The van der Waals surface area contributed by atoms with Gasteiger partial charge in [0.25, 0.3) is 0 Å². The number of carboxylic acids is 1. The number of nitrogens with zero attached hydrogens (tertiary/aromatic N) is 1. The van der Waals surface area contributed by atoms with Crippen molar-refractivity contribution < 1.29 is 24.2 Å². The lowest BCUT2D eigenvalue weighted by atomic mass is 10.0. The maximum atomic E-state index is 12.5. The Bertz CT molecular complexity index is 573. The lowest BCUT2D eigenvalue weighted by Crippen LogP contribution is -2.35. The number of hydrogen-bond acceptors (Lipinski definition) is 4. The number of carbonyl (C=O) groups excluding carboxylic acids is 1. The van der Waals surface area contributed by atoms with Crippen LogP contribution in [0.5, 0.6) is 11.5 Å². The molecule has 1 aliphatic carbocycles. The number of hydrogen-bond donors (Lipinski definition) is 1. The highest BCUT2D eigenvalue weighted by atomic mass is 16.5. The summed E-state index contributed by atoms with van der Waals surface area (Å²) in [7, 11) is 3.11. The highest BCUT2D eigenvalue weighted by molar-refractivity contribution is 5.81. The van der Waals surface area contributed by atoms with Gasteiger partial charge < -0.3 is 19.5 Å². The highest BCUT2D eigenvalue weighted by Gasteiger charge is 2.21. The monoisotopic (exact) mass is 349 g/mol. The quantitative estimate of drug-likeness (QED) is 0.741. The Labute approximate surface area is 148 Å². The zero-order valence-corrected chi connectivity index (χ0v) is 15.0. The normalized spacial score (nSPS) is 14.3. The van der Waals surface area contributed by atoms with Crippen molar-refractivity contribution in [1.29, 1.82) is 0 Å². The third-order valence-corrected chi connectivity index (χ3v) is 4.70. The van der Waals surface area contributed by atoms with E-state index in [1.165, 1.54) is 30.6 Å².